The van der Waals surface area contributed by atoms with Crippen molar-refractivity contribution < 1.29 is 18.3 Å². The van der Waals surface area contributed by atoms with Crippen molar-refractivity contribution in [1.82, 2.24) is 9.88 Å². The highest BCUT2D eigenvalue weighted by Crippen LogP contribution is 2.33. The number of benzene rings is 1. The fraction of sp³-hybridized carbons (Fsp3) is 0.316. The number of aromatic nitrogens is 1. The summed E-state index contributed by atoms with van der Waals surface area (Å²) in [5.41, 5.74) is 0.995. The standard InChI is InChI=1S/C19H18F3N3OS/c20-19(21,22)13-9-18-17(23-11-13)10-16(27-18)12-24-5-7-25(8-6-24)14-1-3-15(26)4-2-14/h1-4,9-11,26H,5-8,12H2. The highest BCUT2D eigenvalue weighted by molar-refractivity contribution is 7.19. The number of hydrogen-bond donors (Lipinski definition) is 1. The lowest BCUT2D eigenvalue weighted by Crippen LogP contribution is -2.45. The molecule has 3 heterocycles. The Morgan fingerprint density at radius 3 is 2.41 bits per heavy atom. The summed E-state index contributed by atoms with van der Waals surface area (Å²) in [5.74, 6) is 0.254. The van der Waals surface area contributed by atoms with Gasteiger partial charge in [0.15, 0.2) is 0 Å². The maximum atomic E-state index is 12.8. The van der Waals surface area contributed by atoms with Crippen LogP contribution in [-0.2, 0) is 12.7 Å². The number of alkyl halides is 3. The summed E-state index contributed by atoms with van der Waals surface area (Å²) in [5, 5.41) is 9.39. The van der Waals surface area contributed by atoms with Gasteiger partial charge >= 0.3 is 6.18 Å². The quantitative estimate of drug-likeness (QED) is 0.719. The third-order valence-electron chi connectivity index (χ3n) is 4.71. The molecule has 0 amide bonds. The van der Waals surface area contributed by atoms with Crippen LogP contribution in [0.3, 0.4) is 0 Å². The van der Waals surface area contributed by atoms with E-state index in [-0.39, 0.29) is 5.75 Å². The molecule has 142 valence electrons. The summed E-state index contributed by atoms with van der Waals surface area (Å²) >= 11 is 1.37. The van der Waals surface area contributed by atoms with Crippen LogP contribution in [0.1, 0.15) is 10.4 Å². The van der Waals surface area contributed by atoms with E-state index >= 15 is 0 Å². The molecule has 2 aromatic heterocycles. The fourth-order valence-electron chi connectivity index (χ4n) is 3.25. The Bertz CT molecular complexity index is 932. The van der Waals surface area contributed by atoms with Crippen molar-refractivity contribution in [3.8, 4) is 5.75 Å². The van der Waals surface area contributed by atoms with E-state index in [4.69, 9.17) is 0 Å². The number of aromatic hydroxyl groups is 1. The smallest absolute Gasteiger partial charge is 0.417 e. The van der Waals surface area contributed by atoms with Crippen molar-refractivity contribution in [3.05, 3.63) is 53.0 Å². The van der Waals surface area contributed by atoms with E-state index in [0.29, 0.717) is 16.8 Å². The van der Waals surface area contributed by atoms with Crippen molar-refractivity contribution >= 4 is 27.2 Å². The van der Waals surface area contributed by atoms with Gasteiger partial charge in [-0.15, -0.1) is 11.3 Å². The number of phenols is 1. The number of rotatable bonds is 3. The fourth-order valence-corrected chi connectivity index (χ4v) is 4.35. The highest BCUT2D eigenvalue weighted by atomic mass is 32.1. The predicted octanol–water partition coefficient (Wildman–Crippen LogP) is 4.34. The molecule has 1 fully saturated rings. The second-order valence-electron chi connectivity index (χ2n) is 6.60. The summed E-state index contributed by atoms with van der Waals surface area (Å²) in [6, 6.07) is 10.2. The number of anilines is 1. The van der Waals surface area contributed by atoms with Gasteiger partial charge in [0, 0.05) is 49.5 Å². The van der Waals surface area contributed by atoms with Crippen LogP contribution in [0.5, 0.6) is 5.75 Å². The lowest BCUT2D eigenvalue weighted by Gasteiger charge is -2.35. The molecule has 1 saturated heterocycles. The van der Waals surface area contributed by atoms with Crippen LogP contribution in [0.25, 0.3) is 10.2 Å². The first-order chi connectivity index (χ1) is 12.9. The van der Waals surface area contributed by atoms with Gasteiger partial charge < -0.3 is 10.0 Å². The minimum atomic E-state index is -4.37. The third kappa shape index (κ3) is 4.01. The van der Waals surface area contributed by atoms with Crippen molar-refractivity contribution in [2.45, 2.75) is 12.7 Å². The molecule has 0 radical (unpaired) electrons. The first-order valence-electron chi connectivity index (χ1n) is 8.60. The second kappa shape index (κ2) is 7.01. The van der Waals surface area contributed by atoms with Crippen LogP contribution in [0.4, 0.5) is 18.9 Å². The van der Waals surface area contributed by atoms with E-state index in [1.54, 1.807) is 12.1 Å². The Morgan fingerprint density at radius 2 is 1.74 bits per heavy atom. The molecule has 1 aliphatic rings. The molecule has 0 unspecified atom stereocenters. The molecule has 4 rings (SSSR count). The second-order valence-corrected chi connectivity index (χ2v) is 7.77. The normalized spacial score (nSPS) is 16.2. The molecule has 0 bridgehead atoms. The largest absolute Gasteiger partial charge is 0.508 e. The Kier molecular flexibility index (Phi) is 4.69. The summed E-state index contributed by atoms with van der Waals surface area (Å²) in [6.07, 6.45) is -3.47. The maximum absolute atomic E-state index is 12.8. The lowest BCUT2D eigenvalue weighted by atomic mass is 10.2. The average Bonchev–Trinajstić information content (AvgIpc) is 3.04. The van der Waals surface area contributed by atoms with Gasteiger partial charge in [0.1, 0.15) is 5.75 Å². The summed E-state index contributed by atoms with van der Waals surface area (Å²) in [6.45, 7) is 4.19. The molecule has 8 heteroatoms. The van der Waals surface area contributed by atoms with Gasteiger partial charge in [0.25, 0.3) is 0 Å². The van der Waals surface area contributed by atoms with E-state index in [1.807, 2.05) is 18.2 Å². The molecule has 1 aromatic carbocycles. The first kappa shape index (κ1) is 18.1. The molecular weight excluding hydrogens is 375 g/mol. The highest BCUT2D eigenvalue weighted by Gasteiger charge is 2.31. The number of fused-ring (bicyclic) bond motifs is 1. The van der Waals surface area contributed by atoms with Crippen LogP contribution in [0, 0.1) is 0 Å². The molecule has 1 N–H and O–H groups in total. The van der Waals surface area contributed by atoms with Crippen molar-refractivity contribution in [2.24, 2.45) is 0 Å². The van der Waals surface area contributed by atoms with E-state index < -0.39 is 11.7 Å². The molecule has 0 atom stereocenters. The van der Waals surface area contributed by atoms with Gasteiger partial charge in [-0.25, -0.2) is 0 Å². The van der Waals surface area contributed by atoms with E-state index in [1.165, 1.54) is 17.4 Å². The Hall–Kier alpha value is -2.32. The van der Waals surface area contributed by atoms with Crippen LogP contribution >= 0.6 is 11.3 Å². The third-order valence-corrected chi connectivity index (χ3v) is 5.77. The van der Waals surface area contributed by atoms with Gasteiger partial charge in [-0.1, -0.05) is 0 Å². The number of piperazine rings is 1. The average molecular weight is 393 g/mol. The number of halogens is 3. The molecule has 0 spiro atoms. The minimum Gasteiger partial charge on any atom is -0.508 e. The van der Waals surface area contributed by atoms with Crippen LogP contribution in [0.15, 0.2) is 42.6 Å². The SMILES string of the molecule is Oc1ccc(N2CCN(Cc3cc4ncc(C(F)(F)F)cc4s3)CC2)cc1. The maximum Gasteiger partial charge on any atom is 0.417 e. The topological polar surface area (TPSA) is 39.6 Å². The van der Waals surface area contributed by atoms with Gasteiger partial charge in [-0.3, -0.25) is 9.88 Å². The van der Waals surface area contributed by atoms with Crippen LogP contribution < -0.4 is 4.90 Å². The molecular formula is C19H18F3N3OS. The van der Waals surface area contributed by atoms with Gasteiger partial charge in [0.2, 0.25) is 0 Å². The molecule has 1 aliphatic heterocycles. The molecule has 4 nitrogen and oxygen atoms in total. The number of hydrogen-bond acceptors (Lipinski definition) is 5. The Balaban J connectivity index is 1.40. The van der Waals surface area contributed by atoms with E-state index in [0.717, 1.165) is 42.9 Å². The van der Waals surface area contributed by atoms with Crippen LogP contribution in [0.2, 0.25) is 0 Å². The van der Waals surface area contributed by atoms with Crippen LogP contribution in [-0.4, -0.2) is 41.2 Å². The minimum absolute atomic E-state index is 0.254. The van der Waals surface area contributed by atoms with Crippen molar-refractivity contribution in [3.63, 3.8) is 0 Å². The summed E-state index contributed by atoms with van der Waals surface area (Å²) in [7, 11) is 0. The Morgan fingerprint density at radius 1 is 1.04 bits per heavy atom. The Labute approximate surface area is 158 Å². The van der Waals surface area contributed by atoms with E-state index in [9.17, 15) is 18.3 Å². The number of pyridine rings is 1. The molecule has 3 aromatic rings. The molecule has 0 aliphatic carbocycles. The predicted molar refractivity (Wildman–Crippen MR) is 100 cm³/mol. The summed E-state index contributed by atoms with van der Waals surface area (Å²) in [4.78, 5) is 9.55. The lowest BCUT2D eigenvalue weighted by molar-refractivity contribution is -0.137. The number of thiophene rings is 1. The van der Waals surface area contributed by atoms with Gasteiger partial charge in [0.05, 0.1) is 15.8 Å². The van der Waals surface area contributed by atoms with Gasteiger partial charge in [-0.2, -0.15) is 13.2 Å². The van der Waals surface area contributed by atoms with Crippen molar-refractivity contribution in [1.29, 1.82) is 0 Å². The number of nitrogens with zero attached hydrogens (tertiary/aromatic N) is 3. The molecule has 27 heavy (non-hydrogen) atoms. The molecule has 0 saturated carbocycles. The zero-order valence-electron chi connectivity index (χ0n) is 14.4. The zero-order valence-corrected chi connectivity index (χ0v) is 15.2. The zero-order chi connectivity index (χ0) is 19.0. The first-order valence-corrected chi connectivity index (χ1v) is 9.42. The monoisotopic (exact) mass is 393 g/mol. The van der Waals surface area contributed by atoms with E-state index in [2.05, 4.69) is 14.8 Å². The van der Waals surface area contributed by atoms with Gasteiger partial charge in [-0.05, 0) is 36.4 Å². The summed E-state index contributed by atoms with van der Waals surface area (Å²) < 4.78 is 39.1. The van der Waals surface area contributed by atoms with Crippen molar-refractivity contribution in [2.75, 3.05) is 31.1 Å². The number of phenolic OH excluding ortho intramolecular Hbond substituents is 1.